The summed E-state index contributed by atoms with van der Waals surface area (Å²) in [4.78, 5) is 22.9. The van der Waals surface area contributed by atoms with Gasteiger partial charge in [-0.25, -0.2) is 13.6 Å². The van der Waals surface area contributed by atoms with Crippen LogP contribution in [-0.4, -0.2) is 27.5 Å². The second kappa shape index (κ2) is 5.40. The molecule has 1 heterocycles. The normalized spacial score (nSPS) is 21.8. The predicted octanol–water partition coefficient (Wildman–Crippen LogP) is 2.89. The second-order valence-corrected chi connectivity index (χ2v) is 6.35. The van der Waals surface area contributed by atoms with Crippen LogP contribution in [0.25, 0.3) is 0 Å². The number of hydrogen-bond donors (Lipinski definition) is 2. The maximum atomic E-state index is 13.6. The topological polar surface area (TPSA) is 66.4 Å². The Morgan fingerprint density at radius 2 is 2.05 bits per heavy atom. The van der Waals surface area contributed by atoms with Crippen molar-refractivity contribution in [3.63, 3.8) is 0 Å². The van der Waals surface area contributed by atoms with E-state index in [0.717, 1.165) is 18.2 Å². The fraction of sp³-hybridized carbons (Fsp3) is 0.385. The van der Waals surface area contributed by atoms with Crippen LogP contribution >= 0.6 is 11.8 Å². The van der Waals surface area contributed by atoms with E-state index in [9.17, 15) is 18.4 Å². The Balaban J connectivity index is 2.27. The highest BCUT2D eigenvalue weighted by Gasteiger charge is 2.37. The number of nitrogens with one attached hydrogen (secondary N) is 1. The Hall–Kier alpha value is -1.63. The van der Waals surface area contributed by atoms with E-state index in [4.69, 9.17) is 5.11 Å². The third kappa shape index (κ3) is 2.77. The van der Waals surface area contributed by atoms with Crippen LogP contribution in [-0.2, 0) is 4.79 Å². The number of thioether (sulfide) groups is 1. The highest BCUT2D eigenvalue weighted by molar-refractivity contribution is 8.01. The van der Waals surface area contributed by atoms with Gasteiger partial charge in [-0.2, -0.15) is 0 Å². The molecule has 1 unspecified atom stereocenters. The molecule has 1 amide bonds. The molecule has 0 aliphatic carbocycles. The summed E-state index contributed by atoms with van der Waals surface area (Å²) < 4.78 is 26.2. The molecule has 20 heavy (non-hydrogen) atoms. The molecule has 0 saturated carbocycles. The molecule has 1 aromatic carbocycles. The maximum absolute atomic E-state index is 13.6. The number of carbonyl (C=O) groups excluding carboxylic acids is 1. The number of aromatic carboxylic acids is 1. The van der Waals surface area contributed by atoms with Crippen LogP contribution in [0.2, 0.25) is 0 Å². The van der Waals surface area contributed by atoms with Crippen molar-refractivity contribution in [2.24, 2.45) is 0 Å². The Morgan fingerprint density at radius 3 is 2.60 bits per heavy atom. The molecule has 7 heteroatoms. The highest BCUT2D eigenvalue weighted by atomic mass is 32.2. The number of carboxylic acids is 1. The molecule has 0 bridgehead atoms. The minimum Gasteiger partial charge on any atom is -0.478 e. The summed E-state index contributed by atoms with van der Waals surface area (Å²) in [5, 5.41) is 11.1. The molecule has 0 radical (unpaired) electrons. The van der Waals surface area contributed by atoms with E-state index >= 15 is 0 Å². The first-order valence-electron chi connectivity index (χ1n) is 6.01. The monoisotopic (exact) mass is 301 g/mol. The van der Waals surface area contributed by atoms with Gasteiger partial charge in [-0.05, 0) is 31.6 Å². The van der Waals surface area contributed by atoms with Gasteiger partial charge in [0, 0.05) is 6.07 Å². The van der Waals surface area contributed by atoms with Crippen molar-refractivity contribution in [3.8, 4) is 0 Å². The minimum atomic E-state index is -1.51. The largest absolute Gasteiger partial charge is 0.478 e. The summed E-state index contributed by atoms with van der Waals surface area (Å²) in [7, 11) is 0. The molecule has 1 fully saturated rings. The third-order valence-electron chi connectivity index (χ3n) is 3.23. The Labute approximate surface area is 118 Å². The summed E-state index contributed by atoms with van der Waals surface area (Å²) >= 11 is 1.47. The summed E-state index contributed by atoms with van der Waals surface area (Å²) in [6.45, 7) is 1.75. The number of rotatable bonds is 3. The standard InChI is InChI=1S/C13H13F2NO3S/c1-13(3-2-4-20-13)12(19)16-10-5-7(11(17)18)8(14)6-9(10)15/h5-6H,2-4H2,1H3,(H,16,19)(H,17,18). The lowest BCUT2D eigenvalue weighted by Crippen LogP contribution is -2.35. The van der Waals surface area contributed by atoms with Gasteiger partial charge in [-0.1, -0.05) is 0 Å². The molecule has 2 rings (SSSR count). The van der Waals surface area contributed by atoms with Gasteiger partial charge in [-0.3, -0.25) is 4.79 Å². The first kappa shape index (κ1) is 14.8. The van der Waals surface area contributed by atoms with Crippen molar-refractivity contribution in [2.75, 3.05) is 11.1 Å². The van der Waals surface area contributed by atoms with Gasteiger partial charge in [0.05, 0.1) is 16.0 Å². The molecule has 4 nitrogen and oxygen atoms in total. The van der Waals surface area contributed by atoms with Crippen LogP contribution in [0.15, 0.2) is 12.1 Å². The van der Waals surface area contributed by atoms with E-state index in [1.165, 1.54) is 11.8 Å². The quantitative estimate of drug-likeness (QED) is 0.901. The van der Waals surface area contributed by atoms with E-state index in [1.54, 1.807) is 6.92 Å². The molecule has 1 saturated heterocycles. The fourth-order valence-corrected chi connectivity index (χ4v) is 3.23. The molecule has 0 aromatic heterocycles. The minimum absolute atomic E-state index is 0.317. The average molecular weight is 301 g/mol. The summed E-state index contributed by atoms with van der Waals surface area (Å²) in [5.74, 6) is -3.24. The van der Waals surface area contributed by atoms with Gasteiger partial charge in [0.15, 0.2) is 0 Å². The lowest BCUT2D eigenvalue weighted by Gasteiger charge is -2.21. The number of halogens is 2. The van der Waals surface area contributed by atoms with E-state index in [-0.39, 0.29) is 5.69 Å². The number of benzene rings is 1. The number of anilines is 1. The SMILES string of the molecule is CC1(C(=O)Nc2cc(C(=O)O)c(F)cc2F)CCCS1. The molecule has 2 N–H and O–H groups in total. The molecule has 1 aliphatic heterocycles. The van der Waals surface area contributed by atoms with Crippen molar-refractivity contribution in [1.29, 1.82) is 0 Å². The van der Waals surface area contributed by atoms with Crippen LogP contribution in [0.4, 0.5) is 14.5 Å². The molecule has 1 aliphatic rings. The average Bonchev–Trinajstić information content (AvgIpc) is 2.80. The molecular weight excluding hydrogens is 288 g/mol. The zero-order chi connectivity index (χ0) is 14.9. The number of carboxylic acid groups (broad SMARTS) is 1. The smallest absolute Gasteiger partial charge is 0.338 e. The van der Waals surface area contributed by atoms with Gasteiger partial charge in [0.2, 0.25) is 5.91 Å². The third-order valence-corrected chi connectivity index (χ3v) is 4.75. The molecule has 1 aromatic rings. The van der Waals surface area contributed by atoms with Gasteiger partial charge >= 0.3 is 5.97 Å². The number of hydrogen-bond acceptors (Lipinski definition) is 3. The van der Waals surface area contributed by atoms with Crippen LogP contribution in [0.1, 0.15) is 30.1 Å². The van der Waals surface area contributed by atoms with E-state index in [1.807, 2.05) is 0 Å². The lowest BCUT2D eigenvalue weighted by molar-refractivity contribution is -0.118. The molecule has 1 atom stereocenters. The van der Waals surface area contributed by atoms with Gasteiger partial charge in [0.1, 0.15) is 11.6 Å². The maximum Gasteiger partial charge on any atom is 0.338 e. The summed E-state index contributed by atoms with van der Waals surface area (Å²) in [6, 6.07) is 1.26. The van der Waals surface area contributed by atoms with Crippen LogP contribution < -0.4 is 5.32 Å². The van der Waals surface area contributed by atoms with Crippen molar-refractivity contribution in [3.05, 3.63) is 29.3 Å². The van der Waals surface area contributed by atoms with Crippen molar-refractivity contribution in [2.45, 2.75) is 24.5 Å². The fourth-order valence-electron chi connectivity index (χ4n) is 2.02. The zero-order valence-electron chi connectivity index (χ0n) is 10.7. The van der Waals surface area contributed by atoms with E-state index in [2.05, 4.69) is 5.32 Å². The Kier molecular flexibility index (Phi) is 3.99. The molecule has 0 spiro atoms. The van der Waals surface area contributed by atoms with Crippen LogP contribution in [0.3, 0.4) is 0 Å². The molecular formula is C13H13F2NO3S. The van der Waals surface area contributed by atoms with Crippen molar-refractivity contribution >= 4 is 29.3 Å². The lowest BCUT2D eigenvalue weighted by atomic mass is 10.0. The second-order valence-electron chi connectivity index (χ2n) is 4.75. The zero-order valence-corrected chi connectivity index (χ0v) is 11.5. The van der Waals surface area contributed by atoms with E-state index in [0.29, 0.717) is 12.5 Å². The first-order valence-corrected chi connectivity index (χ1v) is 7.00. The Bertz CT molecular complexity index is 571. The van der Waals surface area contributed by atoms with Gasteiger partial charge in [-0.15, -0.1) is 11.8 Å². The first-order chi connectivity index (χ1) is 9.33. The summed E-state index contributed by atoms with van der Waals surface area (Å²) in [6.07, 6.45) is 1.55. The van der Waals surface area contributed by atoms with Gasteiger partial charge in [0.25, 0.3) is 0 Å². The van der Waals surface area contributed by atoms with Crippen LogP contribution in [0, 0.1) is 11.6 Å². The number of carbonyl (C=O) groups is 2. The van der Waals surface area contributed by atoms with Gasteiger partial charge < -0.3 is 10.4 Å². The van der Waals surface area contributed by atoms with Crippen molar-refractivity contribution in [1.82, 2.24) is 0 Å². The van der Waals surface area contributed by atoms with E-state index < -0.39 is 33.8 Å². The molecule has 108 valence electrons. The Morgan fingerprint density at radius 1 is 1.35 bits per heavy atom. The summed E-state index contributed by atoms with van der Waals surface area (Å²) in [5.41, 5.74) is -0.992. The van der Waals surface area contributed by atoms with Crippen LogP contribution in [0.5, 0.6) is 0 Å². The van der Waals surface area contributed by atoms with Crippen molar-refractivity contribution < 1.29 is 23.5 Å². The predicted molar refractivity (Wildman–Crippen MR) is 72.0 cm³/mol. The highest BCUT2D eigenvalue weighted by Crippen LogP contribution is 2.38. The number of amides is 1.